The maximum Gasteiger partial charge on any atom is 0.222 e. The Morgan fingerprint density at radius 2 is 2.00 bits per heavy atom. The third-order valence-corrected chi connectivity index (χ3v) is 3.05. The molecule has 3 rings (SSSR count). The van der Waals surface area contributed by atoms with E-state index in [0.29, 0.717) is 5.88 Å². The summed E-state index contributed by atoms with van der Waals surface area (Å²) in [6, 6.07) is 9.95. The lowest BCUT2D eigenvalue weighted by atomic mass is 10.1. The van der Waals surface area contributed by atoms with E-state index in [1.165, 1.54) is 5.69 Å². The molecule has 0 atom stereocenters. The Morgan fingerprint density at radius 3 is 2.72 bits per heavy atom. The van der Waals surface area contributed by atoms with Gasteiger partial charge in [0.15, 0.2) is 0 Å². The van der Waals surface area contributed by atoms with Crippen molar-refractivity contribution in [2.45, 2.75) is 0 Å². The molecular weight excluding hydrogens is 230 g/mol. The zero-order valence-electron chi connectivity index (χ0n) is 10.0. The molecule has 0 unspecified atom stereocenters. The van der Waals surface area contributed by atoms with E-state index < -0.39 is 0 Å². The van der Waals surface area contributed by atoms with E-state index in [9.17, 15) is 0 Å². The number of morpholine rings is 1. The Labute approximate surface area is 105 Å². The van der Waals surface area contributed by atoms with Crippen LogP contribution in [0.25, 0.3) is 11.3 Å². The highest BCUT2D eigenvalue weighted by atomic mass is 16.5. The van der Waals surface area contributed by atoms with E-state index in [-0.39, 0.29) is 0 Å². The molecule has 2 N–H and O–H groups in total. The Kier molecular flexibility index (Phi) is 2.90. The van der Waals surface area contributed by atoms with Gasteiger partial charge >= 0.3 is 0 Å². The molecule has 0 radical (unpaired) electrons. The van der Waals surface area contributed by atoms with Crippen molar-refractivity contribution in [3.8, 4) is 11.3 Å². The summed E-state index contributed by atoms with van der Waals surface area (Å²) in [7, 11) is 0. The van der Waals surface area contributed by atoms with Crippen LogP contribution in [0.3, 0.4) is 0 Å². The minimum Gasteiger partial charge on any atom is -0.378 e. The summed E-state index contributed by atoms with van der Waals surface area (Å²) in [5.41, 5.74) is 8.50. The van der Waals surface area contributed by atoms with E-state index >= 15 is 0 Å². The number of nitrogen functional groups attached to an aromatic ring is 1. The van der Waals surface area contributed by atoms with Gasteiger partial charge < -0.3 is 19.9 Å². The first-order valence-corrected chi connectivity index (χ1v) is 5.98. The van der Waals surface area contributed by atoms with Crippen molar-refractivity contribution in [1.29, 1.82) is 0 Å². The predicted octanol–water partition coefficient (Wildman–Crippen LogP) is 1.76. The number of hydrogen-bond donors (Lipinski definition) is 1. The fraction of sp³-hybridized carbons (Fsp3) is 0.308. The van der Waals surface area contributed by atoms with Crippen LogP contribution >= 0.6 is 0 Å². The van der Waals surface area contributed by atoms with Crippen LogP contribution in [0.5, 0.6) is 0 Å². The average molecular weight is 245 g/mol. The highest BCUT2D eigenvalue weighted by molar-refractivity contribution is 5.66. The second-order valence-electron chi connectivity index (χ2n) is 4.26. The van der Waals surface area contributed by atoms with Gasteiger partial charge in [0.05, 0.1) is 13.2 Å². The fourth-order valence-corrected chi connectivity index (χ4v) is 2.11. The van der Waals surface area contributed by atoms with Crippen molar-refractivity contribution in [3.63, 3.8) is 0 Å². The quantitative estimate of drug-likeness (QED) is 0.873. The molecule has 1 fully saturated rings. The molecule has 5 nitrogen and oxygen atoms in total. The van der Waals surface area contributed by atoms with Crippen molar-refractivity contribution in [3.05, 3.63) is 30.3 Å². The van der Waals surface area contributed by atoms with E-state index in [4.69, 9.17) is 15.0 Å². The molecule has 0 bridgehead atoms. The number of benzene rings is 1. The van der Waals surface area contributed by atoms with Gasteiger partial charge in [-0.3, -0.25) is 0 Å². The van der Waals surface area contributed by atoms with Crippen LogP contribution in [0.2, 0.25) is 0 Å². The number of nitrogens with zero attached hydrogens (tertiary/aromatic N) is 2. The van der Waals surface area contributed by atoms with E-state index in [0.717, 1.165) is 37.6 Å². The molecule has 0 aliphatic carbocycles. The smallest absolute Gasteiger partial charge is 0.222 e. The lowest BCUT2D eigenvalue weighted by Crippen LogP contribution is -2.36. The Balaban J connectivity index is 1.88. The molecule has 0 spiro atoms. The molecule has 0 amide bonds. The van der Waals surface area contributed by atoms with Crippen LogP contribution < -0.4 is 10.6 Å². The van der Waals surface area contributed by atoms with Crippen LogP contribution in [0, 0.1) is 0 Å². The SMILES string of the molecule is Nc1cc(-c2cccc(N3CCOCC3)c2)no1. The molecule has 1 aromatic carbocycles. The van der Waals surface area contributed by atoms with Crippen molar-refractivity contribution in [2.24, 2.45) is 0 Å². The molecule has 94 valence electrons. The van der Waals surface area contributed by atoms with Crippen LogP contribution in [-0.4, -0.2) is 31.5 Å². The van der Waals surface area contributed by atoms with Crippen LogP contribution in [0.4, 0.5) is 11.6 Å². The normalized spacial score (nSPS) is 15.9. The van der Waals surface area contributed by atoms with Gasteiger partial charge in [-0.25, -0.2) is 0 Å². The molecule has 2 aromatic rings. The third kappa shape index (κ3) is 2.17. The maximum atomic E-state index is 5.54. The zero-order valence-corrected chi connectivity index (χ0v) is 10.0. The van der Waals surface area contributed by atoms with Gasteiger partial charge in [0.1, 0.15) is 5.69 Å². The van der Waals surface area contributed by atoms with Crippen molar-refractivity contribution < 1.29 is 9.26 Å². The minimum absolute atomic E-state index is 0.335. The van der Waals surface area contributed by atoms with E-state index in [1.54, 1.807) is 6.07 Å². The molecule has 1 saturated heterocycles. The molecule has 1 aromatic heterocycles. The Morgan fingerprint density at radius 1 is 1.17 bits per heavy atom. The van der Waals surface area contributed by atoms with Crippen molar-refractivity contribution in [1.82, 2.24) is 5.16 Å². The molecular formula is C13H15N3O2. The van der Waals surface area contributed by atoms with Gasteiger partial charge in [0.25, 0.3) is 0 Å². The second kappa shape index (κ2) is 4.70. The van der Waals surface area contributed by atoms with Gasteiger partial charge in [0, 0.05) is 30.4 Å². The fourth-order valence-electron chi connectivity index (χ4n) is 2.11. The number of anilines is 2. The van der Waals surface area contributed by atoms with Gasteiger partial charge in [-0.05, 0) is 12.1 Å². The molecule has 2 heterocycles. The average Bonchev–Trinajstić information content (AvgIpc) is 2.87. The molecule has 0 saturated carbocycles. The summed E-state index contributed by atoms with van der Waals surface area (Å²) < 4.78 is 10.3. The summed E-state index contributed by atoms with van der Waals surface area (Å²) in [4.78, 5) is 2.30. The van der Waals surface area contributed by atoms with E-state index in [1.807, 2.05) is 12.1 Å². The summed E-state index contributed by atoms with van der Waals surface area (Å²) in [6.45, 7) is 3.40. The largest absolute Gasteiger partial charge is 0.378 e. The Bertz CT molecular complexity index is 533. The number of rotatable bonds is 2. The summed E-state index contributed by atoms with van der Waals surface area (Å²) >= 11 is 0. The van der Waals surface area contributed by atoms with Crippen molar-refractivity contribution >= 4 is 11.6 Å². The van der Waals surface area contributed by atoms with E-state index in [2.05, 4.69) is 22.2 Å². The summed E-state index contributed by atoms with van der Waals surface area (Å²) in [6.07, 6.45) is 0. The number of aromatic nitrogens is 1. The van der Waals surface area contributed by atoms with Crippen LogP contribution in [-0.2, 0) is 4.74 Å². The highest BCUT2D eigenvalue weighted by Gasteiger charge is 2.12. The van der Waals surface area contributed by atoms with Gasteiger partial charge in [-0.1, -0.05) is 17.3 Å². The topological polar surface area (TPSA) is 64.5 Å². The molecule has 1 aliphatic rings. The van der Waals surface area contributed by atoms with Gasteiger partial charge in [0.2, 0.25) is 5.88 Å². The number of nitrogens with two attached hydrogens (primary N) is 1. The minimum atomic E-state index is 0.335. The molecule has 1 aliphatic heterocycles. The maximum absolute atomic E-state index is 5.54. The summed E-state index contributed by atoms with van der Waals surface area (Å²) in [5, 5.41) is 3.93. The lowest BCUT2D eigenvalue weighted by molar-refractivity contribution is 0.122. The number of ether oxygens (including phenoxy) is 1. The van der Waals surface area contributed by atoms with Gasteiger partial charge in [-0.2, -0.15) is 0 Å². The van der Waals surface area contributed by atoms with Gasteiger partial charge in [-0.15, -0.1) is 0 Å². The third-order valence-electron chi connectivity index (χ3n) is 3.05. The monoisotopic (exact) mass is 245 g/mol. The second-order valence-corrected chi connectivity index (χ2v) is 4.26. The highest BCUT2D eigenvalue weighted by Crippen LogP contribution is 2.25. The first-order valence-electron chi connectivity index (χ1n) is 5.98. The Hall–Kier alpha value is -2.01. The zero-order chi connectivity index (χ0) is 12.4. The molecule has 18 heavy (non-hydrogen) atoms. The first kappa shape index (κ1) is 11.1. The lowest BCUT2D eigenvalue weighted by Gasteiger charge is -2.29. The predicted molar refractivity (Wildman–Crippen MR) is 69.4 cm³/mol. The van der Waals surface area contributed by atoms with Crippen molar-refractivity contribution in [2.75, 3.05) is 36.9 Å². The standard InChI is InChI=1S/C13H15N3O2/c14-13-9-12(15-18-13)10-2-1-3-11(8-10)16-4-6-17-7-5-16/h1-3,8-9H,4-7,14H2. The number of hydrogen-bond acceptors (Lipinski definition) is 5. The first-order chi connectivity index (χ1) is 8.83. The van der Waals surface area contributed by atoms with Crippen LogP contribution in [0.1, 0.15) is 0 Å². The van der Waals surface area contributed by atoms with Crippen LogP contribution in [0.15, 0.2) is 34.9 Å². The molecule has 5 heteroatoms. The summed E-state index contributed by atoms with van der Waals surface area (Å²) in [5.74, 6) is 0.335.